The number of aliphatic hydroxyl groups excluding tert-OH is 1. The number of hydrogen-bond acceptors (Lipinski definition) is 5. The molecule has 6 heteroatoms. The quantitative estimate of drug-likeness (QED) is 0.392. The first-order chi connectivity index (χ1) is 7.06. The molecule has 0 spiro atoms. The number of nitrogens with zero attached hydrogens (tertiary/aromatic N) is 1. The second-order valence-corrected chi connectivity index (χ2v) is 3.07. The molecule has 1 rings (SSSR count). The van der Waals surface area contributed by atoms with E-state index in [1.165, 1.54) is 12.1 Å². The second kappa shape index (κ2) is 4.61. The molecule has 0 amide bonds. The molecule has 0 heterocycles. The summed E-state index contributed by atoms with van der Waals surface area (Å²) in [6, 6.07) is 2.43. The Labute approximate surface area is 85.6 Å². The molecular weight excluding hydrogens is 202 g/mol. The summed E-state index contributed by atoms with van der Waals surface area (Å²) in [6.07, 6.45) is 0.854. The van der Waals surface area contributed by atoms with Gasteiger partial charge in [0.15, 0.2) is 5.75 Å². The molecule has 0 aliphatic rings. The summed E-state index contributed by atoms with van der Waals surface area (Å²) < 4.78 is 0. The fraction of sp³-hybridized carbons (Fsp3) is 0.333. The van der Waals surface area contributed by atoms with Gasteiger partial charge >= 0.3 is 5.69 Å². The van der Waals surface area contributed by atoms with E-state index in [9.17, 15) is 20.3 Å². The Morgan fingerprint density at radius 1 is 1.33 bits per heavy atom. The Kier molecular flexibility index (Phi) is 3.46. The molecule has 1 aromatic rings. The lowest BCUT2D eigenvalue weighted by molar-refractivity contribution is -0.386. The molecule has 3 N–H and O–H groups in total. The van der Waals surface area contributed by atoms with Crippen LogP contribution >= 0.6 is 0 Å². The van der Waals surface area contributed by atoms with Gasteiger partial charge in [0, 0.05) is 12.7 Å². The van der Waals surface area contributed by atoms with Gasteiger partial charge in [0.25, 0.3) is 0 Å². The maximum atomic E-state index is 10.5. The van der Waals surface area contributed by atoms with E-state index in [0.717, 1.165) is 0 Å². The zero-order valence-electron chi connectivity index (χ0n) is 7.88. The first-order valence-corrected chi connectivity index (χ1v) is 4.36. The molecule has 0 unspecified atom stereocenters. The highest BCUT2D eigenvalue weighted by Gasteiger charge is 2.18. The number of aromatic hydroxyl groups is 2. The number of nitro benzene ring substituents is 1. The third-order valence-electron chi connectivity index (χ3n) is 1.95. The van der Waals surface area contributed by atoms with Crippen LogP contribution in [0, 0.1) is 10.1 Å². The predicted octanol–water partition coefficient (Wildman–Crippen LogP) is 0.931. The highest BCUT2D eigenvalue weighted by molar-refractivity contribution is 5.56. The number of aliphatic hydroxyl groups is 1. The van der Waals surface area contributed by atoms with Crippen LogP contribution in [0.25, 0.3) is 0 Å². The molecule has 0 saturated carbocycles. The van der Waals surface area contributed by atoms with E-state index in [1.54, 1.807) is 0 Å². The van der Waals surface area contributed by atoms with E-state index in [1.807, 2.05) is 0 Å². The van der Waals surface area contributed by atoms with Crippen molar-refractivity contribution >= 4 is 5.69 Å². The number of aryl methyl sites for hydroxylation is 1. The van der Waals surface area contributed by atoms with Crippen molar-refractivity contribution in [2.45, 2.75) is 12.8 Å². The summed E-state index contributed by atoms with van der Waals surface area (Å²) in [5.41, 5.74) is -0.0195. The van der Waals surface area contributed by atoms with Gasteiger partial charge in [-0.3, -0.25) is 10.1 Å². The van der Waals surface area contributed by atoms with Gasteiger partial charge in [-0.05, 0) is 24.5 Å². The fourth-order valence-electron chi connectivity index (χ4n) is 1.23. The lowest BCUT2D eigenvalue weighted by Crippen LogP contribution is -1.94. The summed E-state index contributed by atoms with van der Waals surface area (Å²) in [4.78, 5) is 9.72. The summed E-state index contributed by atoms with van der Waals surface area (Å²) in [5, 5.41) is 37.5. The van der Waals surface area contributed by atoms with Crippen LogP contribution in [-0.4, -0.2) is 26.8 Å². The zero-order valence-corrected chi connectivity index (χ0v) is 7.88. The van der Waals surface area contributed by atoms with Gasteiger partial charge in [0.2, 0.25) is 5.75 Å². The molecule has 15 heavy (non-hydrogen) atoms. The molecule has 0 aromatic heterocycles. The minimum atomic E-state index is -0.766. The van der Waals surface area contributed by atoms with Crippen molar-refractivity contribution in [2.24, 2.45) is 0 Å². The highest BCUT2D eigenvalue weighted by Crippen LogP contribution is 2.36. The number of phenolic OH excluding ortho intramolecular Hbond substituents is 2. The van der Waals surface area contributed by atoms with Crippen LogP contribution in [0.4, 0.5) is 5.69 Å². The average molecular weight is 213 g/mol. The third-order valence-corrected chi connectivity index (χ3v) is 1.95. The van der Waals surface area contributed by atoms with Gasteiger partial charge in [-0.25, -0.2) is 0 Å². The number of rotatable bonds is 4. The van der Waals surface area contributed by atoms with Crippen LogP contribution < -0.4 is 0 Å². The maximum absolute atomic E-state index is 10.5. The lowest BCUT2D eigenvalue weighted by atomic mass is 10.1. The largest absolute Gasteiger partial charge is 0.504 e. The van der Waals surface area contributed by atoms with Crippen LogP contribution in [0.2, 0.25) is 0 Å². The Morgan fingerprint density at radius 2 is 2.00 bits per heavy atom. The van der Waals surface area contributed by atoms with Crippen molar-refractivity contribution in [1.29, 1.82) is 0 Å². The SMILES string of the molecule is O=[N+]([O-])c1cc(CCCO)cc(O)c1O. The van der Waals surface area contributed by atoms with Gasteiger partial charge in [-0.15, -0.1) is 0 Å². The first kappa shape index (κ1) is 11.3. The van der Waals surface area contributed by atoms with Crippen molar-refractivity contribution in [2.75, 3.05) is 6.61 Å². The topological polar surface area (TPSA) is 104 Å². The van der Waals surface area contributed by atoms with Crippen molar-refractivity contribution in [1.82, 2.24) is 0 Å². The predicted molar refractivity (Wildman–Crippen MR) is 51.8 cm³/mol. The summed E-state index contributed by atoms with van der Waals surface area (Å²) in [6.45, 7) is -0.0323. The number of phenols is 2. The molecule has 0 bridgehead atoms. The van der Waals surface area contributed by atoms with E-state index in [0.29, 0.717) is 18.4 Å². The van der Waals surface area contributed by atoms with Gasteiger partial charge in [-0.1, -0.05) is 0 Å². The lowest BCUT2D eigenvalue weighted by Gasteiger charge is -2.03. The highest BCUT2D eigenvalue weighted by atomic mass is 16.6. The summed E-state index contributed by atoms with van der Waals surface area (Å²) in [5.74, 6) is -1.25. The Morgan fingerprint density at radius 3 is 2.53 bits per heavy atom. The van der Waals surface area contributed by atoms with Gasteiger partial charge < -0.3 is 15.3 Å². The van der Waals surface area contributed by atoms with Gasteiger partial charge in [0.1, 0.15) is 0 Å². The Balaban J connectivity index is 3.06. The van der Waals surface area contributed by atoms with E-state index >= 15 is 0 Å². The van der Waals surface area contributed by atoms with Crippen LogP contribution in [0.15, 0.2) is 12.1 Å². The molecule has 0 fully saturated rings. The molecule has 82 valence electrons. The van der Waals surface area contributed by atoms with Crippen molar-refractivity contribution in [3.8, 4) is 11.5 Å². The molecule has 0 radical (unpaired) electrons. The monoisotopic (exact) mass is 213 g/mol. The van der Waals surface area contributed by atoms with Crippen LogP contribution in [0.3, 0.4) is 0 Å². The van der Waals surface area contributed by atoms with Crippen molar-refractivity contribution in [3.63, 3.8) is 0 Å². The first-order valence-electron chi connectivity index (χ1n) is 4.36. The van der Waals surface area contributed by atoms with Crippen molar-refractivity contribution < 1.29 is 20.2 Å². The smallest absolute Gasteiger partial charge is 0.314 e. The number of benzene rings is 1. The molecule has 0 saturated heterocycles. The Hall–Kier alpha value is -1.82. The maximum Gasteiger partial charge on any atom is 0.314 e. The van der Waals surface area contributed by atoms with Crippen LogP contribution in [-0.2, 0) is 6.42 Å². The Bertz CT molecular complexity index is 377. The number of nitro groups is 1. The fourth-order valence-corrected chi connectivity index (χ4v) is 1.23. The van der Waals surface area contributed by atoms with Crippen LogP contribution in [0.1, 0.15) is 12.0 Å². The van der Waals surface area contributed by atoms with E-state index in [-0.39, 0.29) is 6.61 Å². The van der Waals surface area contributed by atoms with E-state index < -0.39 is 22.1 Å². The molecular formula is C9H11NO5. The standard InChI is InChI=1S/C9H11NO5/c11-3-1-2-6-4-7(10(14)15)9(13)8(12)5-6/h4-5,11-13H,1-3H2. The molecule has 6 nitrogen and oxygen atoms in total. The minimum absolute atomic E-state index is 0.0323. The minimum Gasteiger partial charge on any atom is -0.504 e. The zero-order chi connectivity index (χ0) is 11.4. The third kappa shape index (κ3) is 2.57. The molecule has 0 atom stereocenters. The molecule has 1 aromatic carbocycles. The normalized spacial score (nSPS) is 10.2. The van der Waals surface area contributed by atoms with E-state index in [2.05, 4.69) is 0 Å². The second-order valence-electron chi connectivity index (χ2n) is 3.07. The summed E-state index contributed by atoms with van der Waals surface area (Å²) >= 11 is 0. The van der Waals surface area contributed by atoms with Gasteiger partial charge in [-0.2, -0.15) is 0 Å². The molecule has 0 aliphatic heterocycles. The van der Waals surface area contributed by atoms with Crippen molar-refractivity contribution in [3.05, 3.63) is 27.8 Å². The number of hydrogen-bond donors (Lipinski definition) is 3. The average Bonchev–Trinajstić information content (AvgIpc) is 2.19. The van der Waals surface area contributed by atoms with E-state index in [4.69, 9.17) is 5.11 Å². The molecule has 0 aliphatic carbocycles. The summed E-state index contributed by atoms with van der Waals surface area (Å²) in [7, 11) is 0. The van der Waals surface area contributed by atoms with Gasteiger partial charge in [0.05, 0.1) is 4.92 Å². The van der Waals surface area contributed by atoms with Crippen LogP contribution in [0.5, 0.6) is 11.5 Å².